The maximum atomic E-state index is 11.7. The summed E-state index contributed by atoms with van der Waals surface area (Å²) in [7, 11) is 1.96. The van der Waals surface area contributed by atoms with Crippen LogP contribution in [0.1, 0.15) is 17.5 Å². The summed E-state index contributed by atoms with van der Waals surface area (Å²) in [6.07, 6.45) is 2.48. The fourth-order valence-electron chi connectivity index (χ4n) is 2.19. The number of carbonyl (C=O) groups is 1. The van der Waals surface area contributed by atoms with E-state index in [2.05, 4.69) is 30.1 Å². The number of rotatable bonds is 4. The number of hydrogen-bond donors (Lipinski definition) is 2. The zero-order valence-electron chi connectivity index (χ0n) is 10.1. The molecule has 0 fully saturated rings. The van der Waals surface area contributed by atoms with Crippen LogP contribution < -0.4 is 10.2 Å². The van der Waals surface area contributed by atoms with Crippen molar-refractivity contribution in [1.29, 1.82) is 0 Å². The van der Waals surface area contributed by atoms with Gasteiger partial charge in [-0.25, -0.2) is 0 Å². The lowest BCUT2D eigenvalue weighted by molar-refractivity contribution is -0.118. The van der Waals surface area contributed by atoms with Crippen molar-refractivity contribution in [2.24, 2.45) is 0 Å². The molecular formula is C13H18N2OS. The molecule has 1 aromatic carbocycles. The lowest BCUT2D eigenvalue weighted by atomic mass is 9.98. The van der Waals surface area contributed by atoms with E-state index in [9.17, 15) is 4.79 Å². The van der Waals surface area contributed by atoms with Crippen LogP contribution in [0, 0.1) is 0 Å². The molecule has 0 aromatic heterocycles. The number of anilines is 1. The minimum absolute atomic E-state index is 0.176. The number of likely N-dealkylation sites (N-methyl/N-ethyl adjacent to an activating group) is 1. The van der Waals surface area contributed by atoms with E-state index in [0.717, 1.165) is 25.1 Å². The predicted molar refractivity (Wildman–Crippen MR) is 73.7 cm³/mol. The third kappa shape index (κ3) is 2.64. The highest BCUT2D eigenvalue weighted by molar-refractivity contribution is 7.80. The lowest BCUT2D eigenvalue weighted by Crippen LogP contribution is -2.34. The van der Waals surface area contributed by atoms with Crippen LogP contribution in [0.25, 0.3) is 0 Å². The van der Waals surface area contributed by atoms with Crippen LogP contribution in [0.2, 0.25) is 0 Å². The Balaban J connectivity index is 2.24. The zero-order valence-corrected chi connectivity index (χ0v) is 11.0. The van der Waals surface area contributed by atoms with Gasteiger partial charge in [-0.1, -0.05) is 12.1 Å². The molecule has 0 atom stereocenters. The normalized spacial score (nSPS) is 14.9. The second-order valence-electron chi connectivity index (χ2n) is 4.28. The number of benzene rings is 1. The van der Waals surface area contributed by atoms with Crippen molar-refractivity contribution in [3.8, 4) is 0 Å². The fourth-order valence-corrected chi connectivity index (χ4v) is 2.50. The Morgan fingerprint density at radius 2 is 2.24 bits per heavy atom. The van der Waals surface area contributed by atoms with Gasteiger partial charge in [0.05, 0.1) is 5.88 Å². The van der Waals surface area contributed by atoms with Crippen molar-refractivity contribution < 1.29 is 4.79 Å². The molecule has 0 spiro atoms. The van der Waals surface area contributed by atoms with Gasteiger partial charge in [-0.3, -0.25) is 4.79 Å². The van der Waals surface area contributed by atoms with Crippen molar-refractivity contribution in [1.82, 2.24) is 5.32 Å². The third-order valence-corrected chi connectivity index (χ3v) is 3.43. The van der Waals surface area contributed by atoms with E-state index < -0.39 is 0 Å². The monoisotopic (exact) mass is 250 g/mol. The van der Waals surface area contributed by atoms with E-state index in [0.29, 0.717) is 12.3 Å². The van der Waals surface area contributed by atoms with Crippen molar-refractivity contribution >= 4 is 24.2 Å². The first-order valence-corrected chi connectivity index (χ1v) is 6.57. The first kappa shape index (κ1) is 12.5. The molecule has 17 heavy (non-hydrogen) atoms. The van der Waals surface area contributed by atoms with Gasteiger partial charge in [0.25, 0.3) is 0 Å². The third-order valence-electron chi connectivity index (χ3n) is 3.15. The Bertz CT molecular complexity index is 420. The van der Waals surface area contributed by atoms with Gasteiger partial charge < -0.3 is 10.2 Å². The molecule has 1 heterocycles. The van der Waals surface area contributed by atoms with Crippen LogP contribution in [0.5, 0.6) is 0 Å². The molecule has 0 saturated carbocycles. The Morgan fingerprint density at radius 1 is 1.41 bits per heavy atom. The highest BCUT2D eigenvalue weighted by atomic mass is 32.1. The highest BCUT2D eigenvalue weighted by Crippen LogP contribution is 2.29. The number of nitrogens with one attached hydrogen (secondary N) is 1. The summed E-state index contributed by atoms with van der Waals surface area (Å²) in [5, 5.41) is 3.15. The summed E-state index contributed by atoms with van der Waals surface area (Å²) >= 11 is 4.22. The quantitative estimate of drug-likeness (QED) is 0.796. The summed E-state index contributed by atoms with van der Waals surface area (Å²) in [6.45, 7) is 0.980. The molecule has 0 bridgehead atoms. The largest absolute Gasteiger partial charge is 0.319 e. The number of nitrogens with zero attached hydrogens (tertiary/aromatic N) is 1. The molecular weight excluding hydrogens is 232 g/mol. The SMILES string of the molecule is CNCCc1ccc2c(c1)CCC(=O)N2CS. The molecule has 1 aromatic rings. The van der Waals surface area contributed by atoms with Gasteiger partial charge in [0.2, 0.25) is 5.91 Å². The van der Waals surface area contributed by atoms with E-state index in [1.807, 2.05) is 13.1 Å². The van der Waals surface area contributed by atoms with Crippen molar-refractivity contribution in [2.45, 2.75) is 19.3 Å². The summed E-state index contributed by atoms with van der Waals surface area (Å²) in [6, 6.07) is 6.37. The molecule has 0 radical (unpaired) electrons. The average Bonchev–Trinajstić information content (AvgIpc) is 2.36. The Hall–Kier alpha value is -1.00. The van der Waals surface area contributed by atoms with Crippen molar-refractivity contribution in [2.75, 3.05) is 24.4 Å². The first-order valence-electron chi connectivity index (χ1n) is 5.94. The Morgan fingerprint density at radius 3 is 2.94 bits per heavy atom. The van der Waals surface area contributed by atoms with Crippen molar-refractivity contribution in [3.05, 3.63) is 29.3 Å². The number of fused-ring (bicyclic) bond motifs is 1. The minimum atomic E-state index is 0.176. The molecule has 1 aliphatic heterocycles. The molecule has 0 saturated heterocycles. The van der Waals surface area contributed by atoms with Gasteiger partial charge in [0.1, 0.15) is 0 Å². The molecule has 0 unspecified atom stereocenters. The van der Waals surface area contributed by atoms with Gasteiger partial charge in [0, 0.05) is 12.1 Å². The van der Waals surface area contributed by atoms with Gasteiger partial charge in [-0.05, 0) is 43.6 Å². The van der Waals surface area contributed by atoms with Gasteiger partial charge in [-0.2, -0.15) is 12.6 Å². The molecule has 1 N–H and O–H groups in total. The standard InChI is InChI=1S/C13H18N2OS/c1-14-7-6-10-2-4-12-11(8-10)3-5-13(16)15(12)9-17/h2,4,8,14,17H,3,5-7,9H2,1H3. The molecule has 3 nitrogen and oxygen atoms in total. The highest BCUT2D eigenvalue weighted by Gasteiger charge is 2.22. The molecule has 2 rings (SSSR count). The van der Waals surface area contributed by atoms with E-state index >= 15 is 0 Å². The second kappa shape index (κ2) is 5.56. The molecule has 4 heteroatoms. The smallest absolute Gasteiger partial charge is 0.228 e. The summed E-state index contributed by atoms with van der Waals surface area (Å²) < 4.78 is 0. The number of thiol groups is 1. The van der Waals surface area contributed by atoms with E-state index in [-0.39, 0.29) is 5.91 Å². The van der Waals surface area contributed by atoms with Crippen LogP contribution in [0.15, 0.2) is 18.2 Å². The van der Waals surface area contributed by atoms with Crippen LogP contribution >= 0.6 is 12.6 Å². The zero-order chi connectivity index (χ0) is 12.3. The molecule has 1 amide bonds. The number of amides is 1. The van der Waals surface area contributed by atoms with Crippen LogP contribution in [0.3, 0.4) is 0 Å². The summed E-state index contributed by atoms with van der Waals surface area (Å²) in [5.41, 5.74) is 3.63. The summed E-state index contributed by atoms with van der Waals surface area (Å²) in [5.74, 6) is 0.636. The lowest BCUT2D eigenvalue weighted by Gasteiger charge is -2.28. The molecule has 92 valence electrons. The summed E-state index contributed by atoms with van der Waals surface area (Å²) in [4.78, 5) is 13.5. The van der Waals surface area contributed by atoms with Gasteiger partial charge in [0.15, 0.2) is 0 Å². The minimum Gasteiger partial charge on any atom is -0.319 e. The number of aryl methyl sites for hydroxylation is 1. The maximum absolute atomic E-state index is 11.7. The van der Waals surface area contributed by atoms with E-state index in [1.54, 1.807) is 4.90 Å². The number of carbonyl (C=O) groups excluding carboxylic acids is 1. The van der Waals surface area contributed by atoms with E-state index in [1.165, 1.54) is 11.1 Å². The molecule has 1 aliphatic rings. The second-order valence-corrected chi connectivity index (χ2v) is 4.56. The van der Waals surface area contributed by atoms with Gasteiger partial charge in [-0.15, -0.1) is 0 Å². The van der Waals surface area contributed by atoms with Gasteiger partial charge >= 0.3 is 0 Å². The number of hydrogen-bond acceptors (Lipinski definition) is 3. The predicted octanol–water partition coefficient (Wildman–Crippen LogP) is 1.61. The molecule has 0 aliphatic carbocycles. The van der Waals surface area contributed by atoms with Crippen LogP contribution in [-0.2, 0) is 17.6 Å². The Kier molecular flexibility index (Phi) is 4.07. The fraction of sp³-hybridized carbons (Fsp3) is 0.462. The maximum Gasteiger partial charge on any atom is 0.228 e. The van der Waals surface area contributed by atoms with Crippen LogP contribution in [0.4, 0.5) is 5.69 Å². The first-order chi connectivity index (χ1) is 8.26. The average molecular weight is 250 g/mol. The Labute approximate surface area is 108 Å². The van der Waals surface area contributed by atoms with Crippen molar-refractivity contribution in [3.63, 3.8) is 0 Å². The van der Waals surface area contributed by atoms with E-state index in [4.69, 9.17) is 0 Å². The topological polar surface area (TPSA) is 32.3 Å². The van der Waals surface area contributed by atoms with Crippen LogP contribution in [-0.4, -0.2) is 25.4 Å².